The molecule has 0 atom stereocenters. The van der Waals surface area contributed by atoms with Gasteiger partial charge in [0.2, 0.25) is 0 Å². The number of nitrogens with zero attached hydrogens (tertiary/aromatic N) is 3. The first-order valence-corrected chi connectivity index (χ1v) is 6.83. The highest BCUT2D eigenvalue weighted by molar-refractivity contribution is 7.07. The Morgan fingerprint density at radius 2 is 2.20 bits per heavy atom. The van der Waals surface area contributed by atoms with E-state index in [-0.39, 0.29) is 5.69 Å². The van der Waals surface area contributed by atoms with Crippen molar-refractivity contribution in [2.45, 2.75) is 6.54 Å². The van der Waals surface area contributed by atoms with Crippen molar-refractivity contribution in [2.24, 2.45) is 0 Å². The van der Waals surface area contributed by atoms with Crippen LogP contribution in [-0.2, 0) is 6.54 Å². The van der Waals surface area contributed by atoms with E-state index in [0.717, 1.165) is 16.8 Å². The van der Waals surface area contributed by atoms with Crippen LogP contribution >= 0.6 is 11.3 Å². The molecule has 1 aromatic carbocycles. The van der Waals surface area contributed by atoms with E-state index in [0.29, 0.717) is 12.1 Å². The second-order valence-electron chi connectivity index (χ2n) is 4.12. The van der Waals surface area contributed by atoms with Gasteiger partial charge >= 0.3 is 0 Å². The highest BCUT2D eigenvalue weighted by Crippen LogP contribution is 2.29. The third-order valence-electron chi connectivity index (χ3n) is 2.89. The molecule has 7 heteroatoms. The molecular weight excluding hydrogens is 276 g/mol. The molecule has 0 aliphatic heterocycles. The lowest BCUT2D eigenvalue weighted by atomic mass is 10.1. The topological polar surface area (TPSA) is 81.0 Å². The summed E-state index contributed by atoms with van der Waals surface area (Å²) >= 11 is 1.53. The Morgan fingerprint density at radius 1 is 1.30 bits per heavy atom. The number of non-ortho nitro benzene ring substituents is 1. The largest absolute Gasteiger partial charge is 0.379 e. The van der Waals surface area contributed by atoms with Crippen LogP contribution in [0.15, 0.2) is 41.4 Å². The monoisotopic (exact) mass is 286 g/mol. The van der Waals surface area contributed by atoms with Crippen LogP contribution in [0.3, 0.4) is 0 Å². The molecule has 100 valence electrons. The minimum Gasteiger partial charge on any atom is -0.379 e. The van der Waals surface area contributed by atoms with Gasteiger partial charge in [0, 0.05) is 28.7 Å². The summed E-state index contributed by atoms with van der Waals surface area (Å²) in [5.74, 6) is 0. The smallest absolute Gasteiger partial charge is 0.295 e. The van der Waals surface area contributed by atoms with E-state index < -0.39 is 4.92 Å². The summed E-state index contributed by atoms with van der Waals surface area (Å²) < 4.78 is 0. The first-order valence-electron chi connectivity index (χ1n) is 5.89. The fourth-order valence-electron chi connectivity index (χ4n) is 1.97. The highest BCUT2D eigenvalue weighted by Gasteiger charge is 2.15. The number of anilines is 1. The average Bonchev–Trinajstić information content (AvgIpc) is 2.97. The summed E-state index contributed by atoms with van der Waals surface area (Å²) in [6.07, 6.45) is 1.56. The van der Waals surface area contributed by atoms with Crippen LogP contribution in [0.1, 0.15) is 5.69 Å². The zero-order valence-corrected chi connectivity index (χ0v) is 11.1. The van der Waals surface area contributed by atoms with Crippen molar-refractivity contribution in [2.75, 3.05) is 5.32 Å². The molecule has 0 spiro atoms. The molecule has 3 rings (SSSR count). The number of benzene rings is 1. The number of hydrogen-bond acceptors (Lipinski definition) is 6. The summed E-state index contributed by atoms with van der Waals surface area (Å²) in [6.45, 7) is 0.575. The predicted molar refractivity (Wildman–Crippen MR) is 77.8 cm³/mol. The molecule has 0 aliphatic carbocycles. The van der Waals surface area contributed by atoms with E-state index in [4.69, 9.17) is 0 Å². The summed E-state index contributed by atoms with van der Waals surface area (Å²) in [6, 6.07) is 6.76. The molecule has 20 heavy (non-hydrogen) atoms. The van der Waals surface area contributed by atoms with Crippen LogP contribution in [0, 0.1) is 10.1 Å². The second kappa shape index (κ2) is 5.22. The Hall–Kier alpha value is -2.54. The minimum absolute atomic E-state index is 0.0137. The molecule has 2 heterocycles. The van der Waals surface area contributed by atoms with Gasteiger partial charge in [-0.1, -0.05) is 0 Å². The quantitative estimate of drug-likeness (QED) is 0.588. The van der Waals surface area contributed by atoms with Crippen LogP contribution in [0.25, 0.3) is 10.9 Å². The lowest BCUT2D eigenvalue weighted by Crippen LogP contribution is -2.01. The normalized spacial score (nSPS) is 10.6. The number of hydrogen-bond donors (Lipinski definition) is 1. The molecule has 0 unspecified atom stereocenters. The van der Waals surface area contributed by atoms with Gasteiger partial charge in [-0.15, -0.1) is 11.3 Å². The molecule has 6 nitrogen and oxygen atoms in total. The zero-order valence-electron chi connectivity index (χ0n) is 10.3. The van der Waals surface area contributed by atoms with Gasteiger partial charge < -0.3 is 5.32 Å². The summed E-state index contributed by atoms with van der Waals surface area (Å²) in [5, 5.41) is 16.9. The summed E-state index contributed by atoms with van der Waals surface area (Å²) in [7, 11) is 0. The lowest BCUT2D eigenvalue weighted by Gasteiger charge is -2.08. The summed E-state index contributed by atoms with van der Waals surface area (Å²) in [4.78, 5) is 18.9. The van der Waals surface area contributed by atoms with Crippen molar-refractivity contribution in [1.29, 1.82) is 0 Å². The first-order chi connectivity index (χ1) is 9.75. The Balaban J connectivity index is 1.99. The van der Waals surface area contributed by atoms with Gasteiger partial charge in [0.05, 0.1) is 22.7 Å². The van der Waals surface area contributed by atoms with Crippen molar-refractivity contribution in [3.05, 3.63) is 57.2 Å². The number of nitrogens with one attached hydrogen (secondary N) is 1. The van der Waals surface area contributed by atoms with E-state index >= 15 is 0 Å². The van der Waals surface area contributed by atoms with E-state index in [1.807, 2.05) is 11.4 Å². The van der Waals surface area contributed by atoms with Gasteiger partial charge in [0.25, 0.3) is 5.69 Å². The Labute approximate surface area is 118 Å². The Morgan fingerprint density at radius 3 is 2.95 bits per heavy atom. The van der Waals surface area contributed by atoms with Gasteiger partial charge in [0.15, 0.2) is 0 Å². The van der Waals surface area contributed by atoms with Gasteiger partial charge in [0.1, 0.15) is 5.52 Å². The molecule has 0 amide bonds. The van der Waals surface area contributed by atoms with E-state index in [2.05, 4.69) is 15.3 Å². The van der Waals surface area contributed by atoms with Gasteiger partial charge in [-0.3, -0.25) is 10.1 Å². The number of fused-ring (bicyclic) bond motifs is 1. The zero-order chi connectivity index (χ0) is 13.9. The Bertz CT molecular complexity index is 758. The van der Waals surface area contributed by atoms with Crippen molar-refractivity contribution in [1.82, 2.24) is 9.97 Å². The number of thiazole rings is 1. The molecular formula is C13H10N4O2S. The van der Waals surface area contributed by atoms with Gasteiger partial charge in [-0.25, -0.2) is 9.97 Å². The van der Waals surface area contributed by atoms with Crippen LogP contribution in [0.4, 0.5) is 11.4 Å². The van der Waals surface area contributed by atoms with Crippen molar-refractivity contribution in [3.8, 4) is 0 Å². The fraction of sp³-hybridized carbons (Fsp3) is 0.0769. The highest BCUT2D eigenvalue weighted by atomic mass is 32.1. The molecule has 0 aliphatic rings. The van der Waals surface area contributed by atoms with E-state index in [1.165, 1.54) is 17.4 Å². The number of nitro benzene ring substituents is 1. The van der Waals surface area contributed by atoms with Crippen LogP contribution < -0.4 is 5.32 Å². The first kappa shape index (κ1) is 12.5. The molecule has 0 saturated heterocycles. The molecule has 0 radical (unpaired) electrons. The third-order valence-corrected chi connectivity index (χ3v) is 3.52. The fourth-order valence-corrected chi connectivity index (χ4v) is 2.53. The number of nitro groups is 1. The number of aromatic nitrogens is 2. The maximum absolute atomic E-state index is 11.0. The van der Waals surface area contributed by atoms with Crippen molar-refractivity contribution in [3.63, 3.8) is 0 Å². The van der Waals surface area contributed by atoms with Crippen LogP contribution in [0.5, 0.6) is 0 Å². The Kier molecular flexibility index (Phi) is 3.26. The maximum atomic E-state index is 11.0. The molecule has 0 saturated carbocycles. The van der Waals surface area contributed by atoms with Crippen LogP contribution in [0.2, 0.25) is 0 Å². The lowest BCUT2D eigenvalue weighted by molar-refractivity contribution is -0.383. The molecule has 0 bridgehead atoms. The average molecular weight is 286 g/mol. The third kappa shape index (κ3) is 2.30. The predicted octanol–water partition coefficient (Wildman–Crippen LogP) is 3.21. The summed E-state index contributed by atoms with van der Waals surface area (Å²) in [5.41, 5.74) is 3.92. The van der Waals surface area contributed by atoms with Crippen LogP contribution in [-0.4, -0.2) is 14.9 Å². The SMILES string of the molecule is O=[N+]([O-])c1ccc(NCc2cscn2)c2cccnc12. The van der Waals surface area contributed by atoms with Gasteiger partial charge in [-0.2, -0.15) is 0 Å². The molecule has 3 aromatic rings. The molecule has 1 N–H and O–H groups in total. The number of pyridine rings is 1. The van der Waals surface area contributed by atoms with Crippen molar-refractivity contribution < 1.29 is 4.92 Å². The van der Waals surface area contributed by atoms with E-state index in [1.54, 1.807) is 23.8 Å². The second-order valence-corrected chi connectivity index (χ2v) is 4.84. The van der Waals surface area contributed by atoms with Gasteiger partial charge in [-0.05, 0) is 18.2 Å². The van der Waals surface area contributed by atoms with E-state index in [9.17, 15) is 10.1 Å². The van der Waals surface area contributed by atoms with Crippen molar-refractivity contribution >= 4 is 33.6 Å². The molecule has 2 aromatic heterocycles. The maximum Gasteiger partial charge on any atom is 0.295 e. The standard InChI is InChI=1S/C13H10N4O2S/c18-17(19)12-4-3-11(10-2-1-5-14-13(10)12)15-6-9-7-20-8-16-9/h1-5,7-8,15H,6H2. The molecule has 0 fully saturated rings. The number of rotatable bonds is 4. The minimum atomic E-state index is -0.417.